The van der Waals surface area contributed by atoms with Crippen molar-refractivity contribution in [3.8, 4) is 0 Å². The van der Waals surface area contributed by atoms with Gasteiger partial charge in [0.15, 0.2) is 0 Å². The highest BCUT2D eigenvalue weighted by Gasteiger charge is 2.20. The van der Waals surface area contributed by atoms with Crippen LogP contribution < -0.4 is 4.90 Å². The van der Waals surface area contributed by atoms with Crippen LogP contribution in [0.4, 0.5) is 5.82 Å². The number of anilines is 1. The Kier molecular flexibility index (Phi) is 5.27. The molecule has 0 amide bonds. The Morgan fingerprint density at radius 1 is 1.08 bits per heavy atom. The largest absolute Gasteiger partial charge is 0.353 e. The number of aryl methyl sites for hydroxylation is 1. The summed E-state index contributed by atoms with van der Waals surface area (Å²) >= 11 is 1.79. The molecule has 0 atom stereocenters. The molecule has 5 heteroatoms. The van der Waals surface area contributed by atoms with Gasteiger partial charge in [0.1, 0.15) is 17.0 Å². The number of aromatic nitrogens is 2. The van der Waals surface area contributed by atoms with E-state index in [2.05, 4.69) is 75.2 Å². The van der Waals surface area contributed by atoms with Gasteiger partial charge in [-0.2, -0.15) is 0 Å². The molecule has 1 saturated heterocycles. The van der Waals surface area contributed by atoms with Crippen molar-refractivity contribution in [3.63, 3.8) is 0 Å². The van der Waals surface area contributed by atoms with Crippen LogP contribution in [-0.2, 0) is 6.42 Å². The summed E-state index contributed by atoms with van der Waals surface area (Å²) in [6.07, 6.45) is 7.24. The first kappa shape index (κ1) is 17.2. The molecular weight excluding hydrogens is 340 g/mol. The van der Waals surface area contributed by atoms with E-state index in [-0.39, 0.29) is 0 Å². The van der Waals surface area contributed by atoms with Gasteiger partial charge in [0.05, 0.1) is 5.39 Å². The summed E-state index contributed by atoms with van der Waals surface area (Å²) in [5.74, 6) is 1.10. The summed E-state index contributed by atoms with van der Waals surface area (Å²) in [7, 11) is 0. The van der Waals surface area contributed by atoms with Gasteiger partial charge in [0.2, 0.25) is 0 Å². The average molecular weight is 365 g/mol. The number of thiophene rings is 1. The van der Waals surface area contributed by atoms with Crippen molar-refractivity contribution < 1.29 is 0 Å². The van der Waals surface area contributed by atoms with E-state index in [1.807, 2.05) is 0 Å². The monoisotopic (exact) mass is 364 g/mol. The highest BCUT2D eigenvalue weighted by molar-refractivity contribution is 7.18. The summed E-state index contributed by atoms with van der Waals surface area (Å²) in [5, 5.41) is 1.21. The summed E-state index contributed by atoms with van der Waals surface area (Å²) in [6, 6.07) is 12.8. The molecule has 2 aromatic heterocycles. The van der Waals surface area contributed by atoms with E-state index in [1.165, 1.54) is 15.8 Å². The maximum Gasteiger partial charge on any atom is 0.140 e. The molecule has 0 saturated carbocycles. The topological polar surface area (TPSA) is 32.3 Å². The van der Waals surface area contributed by atoms with Crippen LogP contribution in [0.15, 0.2) is 48.8 Å². The van der Waals surface area contributed by atoms with Crippen LogP contribution >= 0.6 is 11.3 Å². The first-order valence-corrected chi connectivity index (χ1v) is 10.1. The number of hydrogen-bond acceptors (Lipinski definition) is 5. The van der Waals surface area contributed by atoms with E-state index in [0.29, 0.717) is 0 Å². The molecule has 0 N–H and O–H groups in total. The maximum absolute atomic E-state index is 4.59. The molecule has 4 nitrogen and oxygen atoms in total. The van der Waals surface area contributed by atoms with Crippen LogP contribution in [0.25, 0.3) is 16.3 Å². The average Bonchev–Trinajstić information content (AvgIpc) is 3.13. The highest BCUT2D eigenvalue weighted by atomic mass is 32.1. The van der Waals surface area contributed by atoms with Gasteiger partial charge in [-0.15, -0.1) is 11.3 Å². The molecule has 0 unspecified atom stereocenters. The maximum atomic E-state index is 4.59. The van der Waals surface area contributed by atoms with Gasteiger partial charge in [-0.05, 0) is 18.1 Å². The summed E-state index contributed by atoms with van der Waals surface area (Å²) in [6.45, 7) is 7.36. The number of nitrogens with zero attached hydrogens (tertiary/aromatic N) is 4. The molecule has 0 aliphatic carbocycles. The Balaban J connectivity index is 1.38. The molecule has 1 aliphatic heterocycles. The lowest BCUT2D eigenvalue weighted by molar-refractivity contribution is 0.284. The fourth-order valence-electron chi connectivity index (χ4n) is 3.36. The normalized spacial score (nSPS) is 16.0. The first-order valence-electron chi connectivity index (χ1n) is 9.26. The third-order valence-corrected chi connectivity index (χ3v) is 6.04. The van der Waals surface area contributed by atoms with Crippen LogP contribution in [0.3, 0.4) is 0 Å². The Bertz CT molecular complexity index is 879. The predicted molar refractivity (Wildman–Crippen MR) is 111 cm³/mol. The third-order valence-electron chi connectivity index (χ3n) is 4.85. The molecule has 1 aliphatic rings. The summed E-state index contributed by atoms with van der Waals surface area (Å²) in [4.78, 5) is 16.4. The van der Waals surface area contributed by atoms with Crippen molar-refractivity contribution in [1.82, 2.24) is 14.9 Å². The fourth-order valence-corrected chi connectivity index (χ4v) is 4.29. The van der Waals surface area contributed by atoms with Crippen LogP contribution in [0.1, 0.15) is 17.4 Å². The van der Waals surface area contributed by atoms with Gasteiger partial charge >= 0.3 is 0 Å². The van der Waals surface area contributed by atoms with Crippen LogP contribution in [0.5, 0.6) is 0 Å². The first-order chi connectivity index (χ1) is 12.8. The number of hydrogen-bond donors (Lipinski definition) is 0. The standard InChI is InChI=1S/C21H24N4S/c1-2-18-15-19-20(22-16-23-21(19)26-18)25-13-11-24(12-14-25)10-6-9-17-7-4-3-5-8-17/h3-9,15-16H,2,10-14H2,1H3. The van der Waals surface area contributed by atoms with Crippen molar-refractivity contribution in [2.24, 2.45) is 0 Å². The van der Waals surface area contributed by atoms with Gasteiger partial charge in [-0.3, -0.25) is 4.90 Å². The number of rotatable bonds is 5. The second-order valence-corrected chi connectivity index (χ2v) is 7.70. The van der Waals surface area contributed by atoms with Gasteiger partial charge in [0, 0.05) is 37.6 Å². The number of benzene rings is 1. The molecule has 0 spiro atoms. The Morgan fingerprint density at radius 2 is 1.88 bits per heavy atom. The van der Waals surface area contributed by atoms with Crippen molar-refractivity contribution >= 4 is 33.4 Å². The second-order valence-electron chi connectivity index (χ2n) is 6.58. The smallest absolute Gasteiger partial charge is 0.140 e. The zero-order chi connectivity index (χ0) is 17.8. The molecule has 0 radical (unpaired) electrons. The van der Waals surface area contributed by atoms with Gasteiger partial charge in [-0.25, -0.2) is 9.97 Å². The summed E-state index contributed by atoms with van der Waals surface area (Å²) < 4.78 is 0. The highest BCUT2D eigenvalue weighted by Crippen LogP contribution is 2.30. The van der Waals surface area contributed by atoms with Gasteiger partial charge < -0.3 is 4.90 Å². The molecule has 3 aromatic rings. The molecule has 4 rings (SSSR count). The van der Waals surface area contributed by atoms with E-state index >= 15 is 0 Å². The Hall–Kier alpha value is -2.24. The zero-order valence-corrected chi connectivity index (χ0v) is 16.0. The van der Waals surface area contributed by atoms with Gasteiger partial charge in [-0.1, -0.05) is 49.4 Å². The Morgan fingerprint density at radius 3 is 2.65 bits per heavy atom. The molecule has 0 bridgehead atoms. The predicted octanol–water partition coefficient (Wildman–Crippen LogP) is 4.09. The molecule has 1 aromatic carbocycles. The van der Waals surface area contributed by atoms with E-state index in [1.54, 1.807) is 17.7 Å². The molecular formula is C21H24N4S. The number of piperazine rings is 1. The molecule has 134 valence electrons. The lowest BCUT2D eigenvalue weighted by atomic mass is 10.2. The molecule has 3 heterocycles. The summed E-state index contributed by atoms with van der Waals surface area (Å²) in [5.41, 5.74) is 1.26. The Labute approximate surface area is 158 Å². The van der Waals surface area contributed by atoms with Crippen molar-refractivity contribution in [2.75, 3.05) is 37.6 Å². The number of fused-ring (bicyclic) bond motifs is 1. The molecule has 26 heavy (non-hydrogen) atoms. The minimum atomic E-state index is 1.00. The van der Waals surface area contributed by atoms with Crippen molar-refractivity contribution in [2.45, 2.75) is 13.3 Å². The van der Waals surface area contributed by atoms with E-state index < -0.39 is 0 Å². The van der Waals surface area contributed by atoms with Gasteiger partial charge in [0.25, 0.3) is 0 Å². The van der Waals surface area contributed by atoms with Crippen molar-refractivity contribution in [3.05, 3.63) is 59.2 Å². The SMILES string of the molecule is CCc1cc2c(N3CCN(CC=Cc4ccccc4)CC3)ncnc2s1. The minimum absolute atomic E-state index is 1.00. The quantitative estimate of drug-likeness (QED) is 0.683. The third kappa shape index (κ3) is 3.79. The van der Waals surface area contributed by atoms with E-state index in [9.17, 15) is 0 Å². The second kappa shape index (κ2) is 7.98. The van der Waals surface area contributed by atoms with Crippen LogP contribution in [0.2, 0.25) is 0 Å². The van der Waals surface area contributed by atoms with E-state index in [0.717, 1.165) is 49.8 Å². The van der Waals surface area contributed by atoms with E-state index in [4.69, 9.17) is 0 Å². The lowest BCUT2D eigenvalue weighted by Gasteiger charge is -2.35. The minimum Gasteiger partial charge on any atom is -0.353 e. The lowest BCUT2D eigenvalue weighted by Crippen LogP contribution is -2.46. The zero-order valence-electron chi connectivity index (χ0n) is 15.1. The van der Waals surface area contributed by atoms with Crippen LogP contribution in [0, 0.1) is 0 Å². The van der Waals surface area contributed by atoms with Crippen molar-refractivity contribution in [1.29, 1.82) is 0 Å². The van der Waals surface area contributed by atoms with Crippen LogP contribution in [-0.4, -0.2) is 47.6 Å². The molecule has 1 fully saturated rings. The fraction of sp³-hybridized carbons (Fsp3) is 0.333.